The molecule has 0 bridgehead atoms. The van der Waals surface area contributed by atoms with Crippen molar-refractivity contribution in [3.05, 3.63) is 0 Å². The Kier molecular flexibility index (Phi) is 6.84. The molecule has 1 rings (SSSR count). The van der Waals surface area contributed by atoms with Crippen LogP contribution in [0, 0.1) is 0 Å². The minimum Gasteiger partial charge on any atom is -0.610 e. The summed E-state index contributed by atoms with van der Waals surface area (Å²) in [6, 6.07) is 0. The van der Waals surface area contributed by atoms with E-state index in [1.165, 1.54) is 0 Å². The monoisotopic (exact) mass is 367 g/mol. The number of amides is 2. The van der Waals surface area contributed by atoms with E-state index in [9.17, 15) is 14.1 Å². The Hall–Kier alpha value is -0.0600. The molecule has 1 fully saturated rings. The second-order valence-corrected chi connectivity index (χ2v) is 8.62. The van der Waals surface area contributed by atoms with Crippen molar-refractivity contribution >= 4 is 74.8 Å². The van der Waals surface area contributed by atoms with Crippen LogP contribution in [-0.4, -0.2) is 42.9 Å². The van der Waals surface area contributed by atoms with Gasteiger partial charge in [0.25, 0.3) is 0 Å². The van der Waals surface area contributed by atoms with Gasteiger partial charge in [-0.25, -0.2) is 4.79 Å². The van der Waals surface area contributed by atoms with Crippen molar-refractivity contribution in [2.24, 2.45) is 5.16 Å². The second-order valence-electron chi connectivity index (χ2n) is 2.99. The van der Waals surface area contributed by atoms with Crippen LogP contribution < -0.4 is 10.6 Å². The topological polar surface area (TPSA) is 103 Å². The molecule has 0 aliphatic carbocycles. The van der Waals surface area contributed by atoms with E-state index in [0.29, 0.717) is 0 Å². The number of alkyl halides is 3. The lowest BCUT2D eigenvalue weighted by atomic mass is 10.6. The summed E-state index contributed by atoms with van der Waals surface area (Å²) in [6.45, 7) is 0.288. The Morgan fingerprint density at radius 2 is 2.32 bits per heavy atom. The fourth-order valence-corrected chi connectivity index (χ4v) is 2.63. The number of nitrogens with one attached hydrogen (secondary N) is 2. The van der Waals surface area contributed by atoms with Gasteiger partial charge in [0.2, 0.25) is 3.12 Å². The highest BCUT2D eigenvalue weighted by Crippen LogP contribution is 2.37. The van der Waals surface area contributed by atoms with Gasteiger partial charge in [-0.1, -0.05) is 46.6 Å². The Labute approximate surface area is 130 Å². The van der Waals surface area contributed by atoms with Crippen LogP contribution in [-0.2, 0) is 20.8 Å². The first-order valence-corrected chi connectivity index (χ1v) is 8.13. The molecular formula is C7H8Cl3N3O4S2. The van der Waals surface area contributed by atoms with E-state index in [-0.39, 0.29) is 23.2 Å². The first-order valence-electron chi connectivity index (χ1n) is 4.69. The van der Waals surface area contributed by atoms with Crippen molar-refractivity contribution in [1.82, 2.24) is 10.6 Å². The van der Waals surface area contributed by atoms with Gasteiger partial charge in [-0.2, -0.15) is 0 Å². The standard InChI is InChI=1S/C7H8Cl3N3O4S2/c8-7(9,10)18-3-12-6(15)17-13-5-4(14)11-1-2-19(5)16/h1-3H2,(H,11,14)(H,12,15). The lowest BCUT2D eigenvalue weighted by molar-refractivity contribution is -0.114. The third-order valence-electron chi connectivity index (χ3n) is 1.65. The molecule has 1 saturated heterocycles. The van der Waals surface area contributed by atoms with Gasteiger partial charge in [-0.05, 0) is 5.16 Å². The molecule has 0 aromatic rings. The van der Waals surface area contributed by atoms with Gasteiger partial charge in [0.05, 0.1) is 12.4 Å². The van der Waals surface area contributed by atoms with Gasteiger partial charge in [0.1, 0.15) is 5.75 Å². The Balaban J connectivity index is 2.38. The molecule has 2 amide bonds. The van der Waals surface area contributed by atoms with E-state index < -0.39 is 26.3 Å². The van der Waals surface area contributed by atoms with E-state index in [2.05, 4.69) is 20.6 Å². The summed E-state index contributed by atoms with van der Waals surface area (Å²) < 4.78 is 9.85. The normalized spacial score (nSPS) is 22.0. The van der Waals surface area contributed by atoms with Crippen molar-refractivity contribution < 1.29 is 19.0 Å². The van der Waals surface area contributed by atoms with E-state index >= 15 is 0 Å². The number of rotatable bonds is 3. The predicted molar refractivity (Wildman–Crippen MR) is 75.8 cm³/mol. The SMILES string of the molecule is O=C(NCSC(Cl)(Cl)Cl)ON=C1C(=O)NCC[S+]1[O-]. The molecule has 1 aliphatic rings. The molecule has 2 N–H and O–H groups in total. The molecule has 7 nitrogen and oxygen atoms in total. The van der Waals surface area contributed by atoms with Crippen LogP contribution in [0.25, 0.3) is 0 Å². The maximum Gasteiger partial charge on any atom is 0.434 e. The van der Waals surface area contributed by atoms with Gasteiger partial charge in [-0.3, -0.25) is 9.63 Å². The fourth-order valence-electron chi connectivity index (χ4n) is 0.908. The molecule has 12 heteroatoms. The van der Waals surface area contributed by atoms with E-state index in [4.69, 9.17) is 34.8 Å². The highest BCUT2D eigenvalue weighted by molar-refractivity contribution is 8.08. The number of thioether (sulfide) groups is 1. The van der Waals surface area contributed by atoms with Crippen molar-refractivity contribution in [3.8, 4) is 0 Å². The van der Waals surface area contributed by atoms with Gasteiger partial charge < -0.3 is 15.2 Å². The van der Waals surface area contributed by atoms with Gasteiger partial charge in [-0.15, -0.1) is 0 Å². The highest BCUT2D eigenvalue weighted by atomic mass is 35.6. The number of hydrogen-bond donors (Lipinski definition) is 2. The number of carbonyl (C=O) groups excluding carboxylic acids is 2. The van der Waals surface area contributed by atoms with Gasteiger partial charge in [0.15, 0.2) is 0 Å². The summed E-state index contributed by atoms with van der Waals surface area (Å²) in [5, 5.41) is 7.54. The molecular weight excluding hydrogens is 361 g/mol. The van der Waals surface area contributed by atoms with E-state index in [1.54, 1.807) is 0 Å². The van der Waals surface area contributed by atoms with Crippen LogP contribution in [0.5, 0.6) is 0 Å². The number of halogens is 3. The van der Waals surface area contributed by atoms with Gasteiger partial charge in [0, 0.05) is 11.2 Å². The zero-order chi connectivity index (χ0) is 14.5. The average Bonchev–Trinajstić information content (AvgIpc) is 2.26. The summed E-state index contributed by atoms with van der Waals surface area (Å²) in [6.07, 6.45) is -0.954. The first kappa shape index (κ1) is 17.0. The first-order chi connectivity index (χ1) is 8.79. The van der Waals surface area contributed by atoms with Crippen LogP contribution >= 0.6 is 46.6 Å². The molecule has 0 radical (unpaired) electrons. The molecule has 1 aliphatic heterocycles. The maximum atomic E-state index is 11.4. The summed E-state index contributed by atoms with van der Waals surface area (Å²) in [5.74, 6) is -0.443. The fraction of sp³-hybridized carbons (Fsp3) is 0.571. The summed E-state index contributed by atoms with van der Waals surface area (Å²) in [4.78, 5) is 26.8. The van der Waals surface area contributed by atoms with Crippen LogP contribution in [0.2, 0.25) is 0 Å². The number of carbonyl (C=O) groups is 2. The third kappa shape index (κ3) is 6.77. The molecule has 0 aromatic carbocycles. The summed E-state index contributed by atoms with van der Waals surface area (Å²) in [7, 11) is 0. The number of oxime groups is 1. The molecule has 0 aromatic heterocycles. The van der Waals surface area contributed by atoms with E-state index in [1.807, 2.05) is 0 Å². The maximum absolute atomic E-state index is 11.4. The molecule has 1 atom stereocenters. The number of hydrogen-bond acceptors (Lipinski definition) is 6. The molecule has 1 unspecified atom stereocenters. The largest absolute Gasteiger partial charge is 0.610 e. The quantitative estimate of drug-likeness (QED) is 0.253. The van der Waals surface area contributed by atoms with Crippen LogP contribution in [0.3, 0.4) is 0 Å². The number of nitrogens with zero attached hydrogens (tertiary/aromatic N) is 1. The summed E-state index contributed by atoms with van der Waals surface area (Å²) >= 11 is 15.5. The zero-order valence-corrected chi connectivity index (χ0v) is 13.1. The minimum absolute atomic E-state index is 0.0323. The zero-order valence-electron chi connectivity index (χ0n) is 9.15. The predicted octanol–water partition coefficient (Wildman–Crippen LogP) is 0.923. The van der Waals surface area contributed by atoms with Crippen molar-refractivity contribution in [3.63, 3.8) is 0 Å². The Morgan fingerprint density at radius 3 is 2.89 bits per heavy atom. The average molecular weight is 369 g/mol. The van der Waals surface area contributed by atoms with Crippen LogP contribution in [0.15, 0.2) is 5.16 Å². The second kappa shape index (κ2) is 7.65. The molecule has 0 saturated carbocycles. The smallest absolute Gasteiger partial charge is 0.434 e. The van der Waals surface area contributed by atoms with Crippen molar-refractivity contribution in [2.75, 3.05) is 18.2 Å². The van der Waals surface area contributed by atoms with Crippen molar-refractivity contribution in [1.29, 1.82) is 0 Å². The molecule has 19 heavy (non-hydrogen) atoms. The molecule has 0 spiro atoms. The molecule has 108 valence electrons. The van der Waals surface area contributed by atoms with Crippen molar-refractivity contribution in [2.45, 2.75) is 3.12 Å². The lowest BCUT2D eigenvalue weighted by Gasteiger charge is -2.16. The highest BCUT2D eigenvalue weighted by Gasteiger charge is 2.31. The Bertz CT molecular complexity index is 390. The summed E-state index contributed by atoms with van der Waals surface area (Å²) in [5.41, 5.74) is 0. The van der Waals surface area contributed by atoms with Crippen LogP contribution in [0.4, 0.5) is 4.79 Å². The van der Waals surface area contributed by atoms with Crippen LogP contribution in [0.1, 0.15) is 0 Å². The molecule has 1 heterocycles. The lowest BCUT2D eigenvalue weighted by Crippen LogP contribution is -2.46. The Morgan fingerprint density at radius 1 is 1.63 bits per heavy atom. The van der Waals surface area contributed by atoms with Gasteiger partial charge >= 0.3 is 17.0 Å². The van der Waals surface area contributed by atoms with E-state index in [0.717, 1.165) is 11.8 Å². The third-order valence-corrected chi connectivity index (χ3v) is 4.51. The minimum atomic E-state index is -1.58.